The van der Waals surface area contributed by atoms with Crippen molar-refractivity contribution in [2.75, 3.05) is 17.7 Å². The van der Waals surface area contributed by atoms with E-state index in [1.807, 2.05) is 61.0 Å². The second kappa shape index (κ2) is 8.52. The number of carbonyl (C=O) groups is 1. The molecule has 0 aliphatic heterocycles. The Balaban J connectivity index is 1.52. The van der Waals surface area contributed by atoms with Gasteiger partial charge in [-0.15, -0.1) is 11.3 Å². The number of rotatable bonds is 5. The van der Waals surface area contributed by atoms with Crippen LogP contribution in [-0.2, 0) is 0 Å². The van der Waals surface area contributed by atoms with E-state index in [2.05, 4.69) is 25.6 Å². The molecule has 156 valence electrons. The molecule has 0 bridgehead atoms. The Bertz CT molecular complexity index is 1400. The second-order valence-electron chi connectivity index (χ2n) is 6.99. The number of fused-ring (bicyclic) bond motifs is 1. The maximum atomic E-state index is 12.6. The number of anilines is 2. The van der Waals surface area contributed by atoms with Gasteiger partial charge < -0.3 is 5.32 Å². The van der Waals surface area contributed by atoms with Crippen molar-refractivity contribution in [1.29, 1.82) is 0 Å². The summed E-state index contributed by atoms with van der Waals surface area (Å²) in [7, 11) is 1.84. The van der Waals surface area contributed by atoms with Crippen LogP contribution in [0.4, 0.5) is 10.9 Å². The molecular formula is C24H18N6OS. The van der Waals surface area contributed by atoms with Crippen molar-refractivity contribution in [2.45, 2.75) is 0 Å². The summed E-state index contributed by atoms with van der Waals surface area (Å²) < 4.78 is 0. The molecule has 5 rings (SSSR count). The Morgan fingerprint density at radius 1 is 0.938 bits per heavy atom. The van der Waals surface area contributed by atoms with Crippen LogP contribution in [-0.4, -0.2) is 32.9 Å². The monoisotopic (exact) mass is 438 g/mol. The zero-order valence-electron chi connectivity index (χ0n) is 17.1. The van der Waals surface area contributed by atoms with Gasteiger partial charge in [-0.1, -0.05) is 18.2 Å². The molecule has 0 spiro atoms. The van der Waals surface area contributed by atoms with Crippen molar-refractivity contribution < 1.29 is 4.79 Å². The number of nitrogens with one attached hydrogen (secondary N) is 2. The van der Waals surface area contributed by atoms with E-state index < -0.39 is 0 Å². The number of nitrogens with zero attached hydrogens (tertiary/aromatic N) is 4. The van der Waals surface area contributed by atoms with Crippen molar-refractivity contribution in [3.63, 3.8) is 0 Å². The first-order chi connectivity index (χ1) is 15.7. The van der Waals surface area contributed by atoms with E-state index in [0.717, 1.165) is 33.4 Å². The predicted molar refractivity (Wildman–Crippen MR) is 128 cm³/mol. The quantitative estimate of drug-likeness (QED) is 0.396. The molecule has 1 amide bonds. The fourth-order valence-electron chi connectivity index (χ4n) is 3.42. The molecule has 0 unspecified atom stereocenters. The summed E-state index contributed by atoms with van der Waals surface area (Å²) in [5.41, 5.74) is 4.14. The third-order valence-corrected chi connectivity index (χ3v) is 5.65. The molecule has 3 aromatic heterocycles. The first-order valence-corrected chi connectivity index (χ1v) is 10.8. The lowest BCUT2D eigenvalue weighted by molar-refractivity contribution is 0.102. The molecule has 0 saturated carbocycles. The Hall–Kier alpha value is -4.17. The maximum absolute atomic E-state index is 12.6. The molecule has 0 aliphatic rings. The SMILES string of the molecule is CNc1nc(-c2cccnc2)nc2ccc(-c3cccc(C(=O)Nc4nccs4)c3)cc12. The predicted octanol–water partition coefficient (Wildman–Crippen LogP) is 5.11. The maximum Gasteiger partial charge on any atom is 0.257 e. The van der Waals surface area contributed by atoms with Gasteiger partial charge >= 0.3 is 0 Å². The van der Waals surface area contributed by atoms with Crippen LogP contribution in [0.25, 0.3) is 33.4 Å². The molecule has 0 saturated heterocycles. The molecule has 7 nitrogen and oxygen atoms in total. The smallest absolute Gasteiger partial charge is 0.257 e. The number of benzene rings is 2. The van der Waals surface area contributed by atoms with Crippen LogP contribution < -0.4 is 10.6 Å². The van der Waals surface area contributed by atoms with Gasteiger partial charge in [0, 0.05) is 47.5 Å². The van der Waals surface area contributed by atoms with Gasteiger partial charge in [0.05, 0.1) is 5.52 Å². The Labute approximate surface area is 188 Å². The molecule has 2 aromatic carbocycles. The van der Waals surface area contributed by atoms with E-state index in [0.29, 0.717) is 16.5 Å². The summed E-state index contributed by atoms with van der Waals surface area (Å²) in [4.78, 5) is 30.3. The fourth-order valence-corrected chi connectivity index (χ4v) is 3.94. The highest BCUT2D eigenvalue weighted by atomic mass is 32.1. The largest absolute Gasteiger partial charge is 0.373 e. The summed E-state index contributed by atoms with van der Waals surface area (Å²) in [6, 6.07) is 17.3. The lowest BCUT2D eigenvalue weighted by Crippen LogP contribution is -2.11. The Morgan fingerprint density at radius 2 is 1.81 bits per heavy atom. The standard InChI is InChI=1S/C24H18N6OS/c1-25-22-19-13-16(7-8-20(19)28-21(29-22)18-6-3-9-26-14-18)15-4-2-5-17(12-15)23(31)30-24-27-10-11-32-24/h2-14H,1H3,(H,25,28,29)(H,27,30,31). The Kier molecular flexibility index (Phi) is 5.27. The molecule has 8 heteroatoms. The number of amides is 1. The third-order valence-electron chi connectivity index (χ3n) is 4.96. The zero-order chi connectivity index (χ0) is 21.9. The van der Waals surface area contributed by atoms with Crippen LogP contribution in [0.15, 0.2) is 78.6 Å². The van der Waals surface area contributed by atoms with E-state index in [1.54, 1.807) is 24.7 Å². The van der Waals surface area contributed by atoms with Crippen molar-refractivity contribution in [3.8, 4) is 22.5 Å². The normalized spacial score (nSPS) is 10.8. The number of thiazole rings is 1. The number of aromatic nitrogens is 4. The summed E-state index contributed by atoms with van der Waals surface area (Å²) in [5.74, 6) is 1.15. The highest BCUT2D eigenvalue weighted by molar-refractivity contribution is 7.13. The fraction of sp³-hybridized carbons (Fsp3) is 0.0417. The third kappa shape index (κ3) is 3.91. The highest BCUT2D eigenvalue weighted by Gasteiger charge is 2.12. The molecule has 0 fully saturated rings. The van der Waals surface area contributed by atoms with Crippen LogP contribution in [0.2, 0.25) is 0 Å². The van der Waals surface area contributed by atoms with E-state index >= 15 is 0 Å². The summed E-state index contributed by atoms with van der Waals surface area (Å²) in [5, 5.41) is 9.29. The van der Waals surface area contributed by atoms with Crippen molar-refractivity contribution in [2.24, 2.45) is 0 Å². The minimum Gasteiger partial charge on any atom is -0.373 e. The van der Waals surface area contributed by atoms with E-state index in [-0.39, 0.29) is 5.91 Å². The van der Waals surface area contributed by atoms with Crippen molar-refractivity contribution in [3.05, 3.63) is 84.1 Å². The van der Waals surface area contributed by atoms with Gasteiger partial charge in [0.2, 0.25) is 0 Å². The van der Waals surface area contributed by atoms with Gasteiger partial charge in [-0.25, -0.2) is 15.0 Å². The van der Waals surface area contributed by atoms with Crippen LogP contribution >= 0.6 is 11.3 Å². The van der Waals surface area contributed by atoms with Gasteiger partial charge in [-0.2, -0.15) is 0 Å². The minimum absolute atomic E-state index is 0.192. The molecule has 32 heavy (non-hydrogen) atoms. The molecule has 2 N–H and O–H groups in total. The molecule has 5 aromatic rings. The van der Waals surface area contributed by atoms with E-state index in [4.69, 9.17) is 4.98 Å². The van der Waals surface area contributed by atoms with Crippen molar-refractivity contribution >= 4 is 39.1 Å². The van der Waals surface area contributed by atoms with Gasteiger partial charge in [-0.05, 0) is 47.5 Å². The van der Waals surface area contributed by atoms with Crippen LogP contribution in [0.3, 0.4) is 0 Å². The topological polar surface area (TPSA) is 92.7 Å². The van der Waals surface area contributed by atoms with Crippen molar-refractivity contribution in [1.82, 2.24) is 19.9 Å². The van der Waals surface area contributed by atoms with Gasteiger partial charge in [-0.3, -0.25) is 15.1 Å². The first-order valence-electron chi connectivity index (χ1n) is 9.92. The second-order valence-corrected chi connectivity index (χ2v) is 7.89. The lowest BCUT2D eigenvalue weighted by atomic mass is 10.0. The molecule has 0 atom stereocenters. The van der Waals surface area contributed by atoms with E-state index in [9.17, 15) is 4.79 Å². The molecule has 3 heterocycles. The van der Waals surface area contributed by atoms with Crippen LogP contribution in [0.5, 0.6) is 0 Å². The van der Waals surface area contributed by atoms with Gasteiger partial charge in [0.1, 0.15) is 5.82 Å². The van der Waals surface area contributed by atoms with Crippen LogP contribution in [0, 0.1) is 0 Å². The molecular weight excluding hydrogens is 420 g/mol. The summed E-state index contributed by atoms with van der Waals surface area (Å²) in [6.45, 7) is 0. The molecule has 0 aliphatic carbocycles. The Morgan fingerprint density at radius 3 is 2.59 bits per heavy atom. The molecule has 0 radical (unpaired) electrons. The van der Waals surface area contributed by atoms with Crippen LogP contribution in [0.1, 0.15) is 10.4 Å². The minimum atomic E-state index is -0.192. The highest BCUT2D eigenvalue weighted by Crippen LogP contribution is 2.30. The number of hydrogen-bond donors (Lipinski definition) is 2. The zero-order valence-corrected chi connectivity index (χ0v) is 17.9. The average Bonchev–Trinajstić information content (AvgIpc) is 3.36. The first kappa shape index (κ1) is 19.8. The van der Waals surface area contributed by atoms with Gasteiger partial charge in [0.25, 0.3) is 5.91 Å². The average molecular weight is 439 g/mol. The number of hydrogen-bond acceptors (Lipinski definition) is 7. The lowest BCUT2D eigenvalue weighted by Gasteiger charge is -2.11. The number of carbonyl (C=O) groups excluding carboxylic acids is 1. The number of pyridine rings is 1. The van der Waals surface area contributed by atoms with E-state index in [1.165, 1.54) is 11.3 Å². The summed E-state index contributed by atoms with van der Waals surface area (Å²) >= 11 is 1.38. The van der Waals surface area contributed by atoms with Gasteiger partial charge in [0.15, 0.2) is 11.0 Å². The summed E-state index contributed by atoms with van der Waals surface area (Å²) in [6.07, 6.45) is 5.13.